The number of anilines is 2. The van der Waals surface area contributed by atoms with E-state index in [1.807, 2.05) is 0 Å². The van der Waals surface area contributed by atoms with Crippen LogP contribution in [-0.4, -0.2) is 35.5 Å². The number of carbonyl (C=O) groups excluding carboxylic acids is 1. The van der Waals surface area contributed by atoms with E-state index in [1.54, 1.807) is 24.3 Å². The van der Waals surface area contributed by atoms with E-state index in [-0.39, 0.29) is 13.2 Å². The Labute approximate surface area is 93.1 Å². The van der Waals surface area contributed by atoms with Crippen molar-refractivity contribution >= 4 is 17.4 Å². The van der Waals surface area contributed by atoms with Gasteiger partial charge in [0.05, 0.1) is 12.7 Å². The molecule has 16 heavy (non-hydrogen) atoms. The van der Waals surface area contributed by atoms with E-state index < -0.39 is 12.1 Å². The lowest BCUT2D eigenvalue weighted by atomic mass is 10.2. The molecule has 6 nitrogen and oxygen atoms in total. The minimum Gasteiger partial charge on any atom is -0.394 e. The number of hydrogen-bond donors (Lipinski definition) is 5. The first-order valence-electron chi connectivity index (χ1n) is 4.81. The molecule has 0 aliphatic carbocycles. The number of carbonyl (C=O) groups is 1. The first-order valence-corrected chi connectivity index (χ1v) is 4.81. The van der Waals surface area contributed by atoms with Gasteiger partial charge in [0.2, 0.25) is 0 Å². The summed E-state index contributed by atoms with van der Waals surface area (Å²) in [5, 5.41) is 23.1. The normalized spacial score (nSPS) is 11.9. The van der Waals surface area contributed by atoms with Gasteiger partial charge in [0, 0.05) is 17.9 Å². The number of amides is 2. The van der Waals surface area contributed by atoms with E-state index in [1.165, 1.54) is 0 Å². The minimum absolute atomic E-state index is 0.263. The molecular weight excluding hydrogens is 210 g/mol. The molecule has 0 fully saturated rings. The average molecular weight is 225 g/mol. The summed E-state index contributed by atoms with van der Waals surface area (Å²) in [4.78, 5) is 10.5. The fourth-order valence-electron chi connectivity index (χ4n) is 1.11. The zero-order chi connectivity index (χ0) is 12.0. The fourth-order valence-corrected chi connectivity index (χ4v) is 1.11. The summed E-state index contributed by atoms with van der Waals surface area (Å²) < 4.78 is 0. The van der Waals surface area contributed by atoms with Crippen molar-refractivity contribution in [2.24, 2.45) is 5.73 Å². The zero-order valence-corrected chi connectivity index (χ0v) is 8.68. The predicted molar refractivity (Wildman–Crippen MR) is 61.2 cm³/mol. The van der Waals surface area contributed by atoms with Crippen molar-refractivity contribution in [3.63, 3.8) is 0 Å². The van der Waals surface area contributed by atoms with Crippen LogP contribution in [0.4, 0.5) is 16.2 Å². The number of benzene rings is 1. The van der Waals surface area contributed by atoms with Crippen LogP contribution in [0.15, 0.2) is 24.3 Å². The molecule has 1 unspecified atom stereocenters. The Bertz CT molecular complexity index is 340. The molecule has 6 N–H and O–H groups in total. The van der Waals surface area contributed by atoms with Crippen LogP contribution in [0.3, 0.4) is 0 Å². The molecule has 1 aromatic carbocycles. The summed E-state index contributed by atoms with van der Waals surface area (Å²) in [6.45, 7) is -0.0204. The van der Waals surface area contributed by atoms with E-state index in [0.717, 1.165) is 5.69 Å². The van der Waals surface area contributed by atoms with Crippen molar-refractivity contribution in [3.05, 3.63) is 24.3 Å². The molecule has 0 saturated heterocycles. The maximum atomic E-state index is 10.5. The second-order valence-electron chi connectivity index (χ2n) is 3.28. The summed E-state index contributed by atoms with van der Waals surface area (Å²) in [7, 11) is 0. The molecule has 0 aromatic heterocycles. The minimum atomic E-state index is -0.788. The third-order valence-corrected chi connectivity index (χ3v) is 1.90. The predicted octanol–water partition coefficient (Wildman–Crippen LogP) is -0.0577. The Hall–Kier alpha value is -1.79. The molecule has 0 spiro atoms. The monoisotopic (exact) mass is 225 g/mol. The van der Waals surface area contributed by atoms with Crippen molar-refractivity contribution in [2.45, 2.75) is 6.10 Å². The maximum absolute atomic E-state index is 10.5. The molecular formula is C10H15N3O3. The van der Waals surface area contributed by atoms with Gasteiger partial charge in [-0.2, -0.15) is 0 Å². The van der Waals surface area contributed by atoms with Crippen molar-refractivity contribution in [2.75, 3.05) is 23.8 Å². The summed E-state index contributed by atoms with van der Waals surface area (Å²) in [5.74, 6) is 0. The van der Waals surface area contributed by atoms with Gasteiger partial charge in [-0.25, -0.2) is 4.79 Å². The van der Waals surface area contributed by atoms with Gasteiger partial charge in [-0.3, -0.25) is 0 Å². The Kier molecular flexibility index (Phi) is 4.56. The van der Waals surface area contributed by atoms with E-state index in [0.29, 0.717) is 5.69 Å². The van der Waals surface area contributed by atoms with E-state index in [2.05, 4.69) is 10.6 Å². The van der Waals surface area contributed by atoms with Crippen LogP contribution in [0.25, 0.3) is 0 Å². The lowest BCUT2D eigenvalue weighted by Crippen LogP contribution is -2.23. The van der Waals surface area contributed by atoms with Crippen LogP contribution in [0.5, 0.6) is 0 Å². The SMILES string of the molecule is NC(=O)Nc1ccc(NCC(O)CO)cc1. The van der Waals surface area contributed by atoms with Crippen molar-refractivity contribution in [1.29, 1.82) is 0 Å². The quantitative estimate of drug-likeness (QED) is 0.484. The molecule has 1 aromatic rings. The molecule has 0 radical (unpaired) electrons. The summed E-state index contributed by atoms with van der Waals surface area (Å²) in [5.41, 5.74) is 6.33. The molecule has 1 rings (SSSR count). The van der Waals surface area contributed by atoms with Gasteiger partial charge in [-0.05, 0) is 24.3 Å². The number of aliphatic hydroxyl groups is 2. The maximum Gasteiger partial charge on any atom is 0.316 e. The number of primary amides is 1. The second kappa shape index (κ2) is 5.94. The van der Waals surface area contributed by atoms with Crippen LogP contribution >= 0.6 is 0 Å². The lowest BCUT2D eigenvalue weighted by Gasteiger charge is -2.10. The molecule has 0 bridgehead atoms. The van der Waals surface area contributed by atoms with Gasteiger partial charge in [0.1, 0.15) is 0 Å². The van der Waals surface area contributed by atoms with Crippen molar-refractivity contribution in [1.82, 2.24) is 0 Å². The zero-order valence-electron chi connectivity index (χ0n) is 8.68. The third-order valence-electron chi connectivity index (χ3n) is 1.90. The van der Waals surface area contributed by atoms with Gasteiger partial charge < -0.3 is 26.6 Å². The molecule has 2 amide bonds. The van der Waals surface area contributed by atoms with Crippen LogP contribution in [0.1, 0.15) is 0 Å². The molecule has 0 aliphatic rings. The Morgan fingerprint density at radius 2 is 1.88 bits per heavy atom. The van der Waals surface area contributed by atoms with Crippen molar-refractivity contribution in [3.8, 4) is 0 Å². The summed E-state index contributed by atoms with van der Waals surface area (Å²) in [6.07, 6.45) is -0.788. The molecule has 88 valence electrons. The van der Waals surface area contributed by atoms with Gasteiger partial charge in [0.25, 0.3) is 0 Å². The molecule has 0 aliphatic heterocycles. The third kappa shape index (κ3) is 4.16. The van der Waals surface area contributed by atoms with Gasteiger partial charge in [-0.15, -0.1) is 0 Å². The Morgan fingerprint density at radius 1 is 1.31 bits per heavy atom. The van der Waals surface area contributed by atoms with E-state index in [9.17, 15) is 4.79 Å². The van der Waals surface area contributed by atoms with E-state index in [4.69, 9.17) is 15.9 Å². The van der Waals surface area contributed by atoms with E-state index >= 15 is 0 Å². The number of rotatable bonds is 5. The highest BCUT2D eigenvalue weighted by molar-refractivity contribution is 5.87. The first kappa shape index (κ1) is 12.3. The summed E-state index contributed by atoms with van der Waals surface area (Å²) >= 11 is 0. The topological polar surface area (TPSA) is 108 Å². The number of aliphatic hydroxyl groups excluding tert-OH is 2. The Morgan fingerprint density at radius 3 is 2.38 bits per heavy atom. The lowest BCUT2D eigenvalue weighted by molar-refractivity contribution is 0.105. The van der Waals surface area contributed by atoms with Gasteiger partial charge in [0.15, 0.2) is 0 Å². The standard InChI is InChI=1S/C10H15N3O3/c11-10(16)13-8-3-1-7(2-4-8)12-5-9(15)6-14/h1-4,9,12,14-15H,5-6H2,(H3,11,13,16). The fraction of sp³-hybridized carbons (Fsp3) is 0.300. The summed E-state index contributed by atoms with van der Waals surface area (Å²) in [6, 6.07) is 6.21. The highest BCUT2D eigenvalue weighted by atomic mass is 16.3. The number of nitrogens with two attached hydrogens (primary N) is 1. The second-order valence-corrected chi connectivity index (χ2v) is 3.28. The molecule has 6 heteroatoms. The smallest absolute Gasteiger partial charge is 0.316 e. The van der Waals surface area contributed by atoms with Crippen LogP contribution < -0.4 is 16.4 Å². The largest absolute Gasteiger partial charge is 0.394 e. The highest BCUT2D eigenvalue weighted by Gasteiger charge is 2.01. The van der Waals surface area contributed by atoms with Crippen LogP contribution in [0, 0.1) is 0 Å². The first-order chi connectivity index (χ1) is 7.61. The van der Waals surface area contributed by atoms with Crippen LogP contribution in [0.2, 0.25) is 0 Å². The highest BCUT2D eigenvalue weighted by Crippen LogP contribution is 2.13. The van der Waals surface area contributed by atoms with Gasteiger partial charge >= 0.3 is 6.03 Å². The molecule has 0 saturated carbocycles. The number of hydrogen-bond acceptors (Lipinski definition) is 4. The molecule has 0 heterocycles. The number of urea groups is 1. The Balaban J connectivity index is 2.48. The average Bonchev–Trinajstić information content (AvgIpc) is 2.27. The number of nitrogens with one attached hydrogen (secondary N) is 2. The van der Waals surface area contributed by atoms with Crippen LogP contribution in [-0.2, 0) is 0 Å². The molecule has 1 atom stereocenters. The van der Waals surface area contributed by atoms with Gasteiger partial charge in [-0.1, -0.05) is 0 Å². The van der Waals surface area contributed by atoms with Crippen molar-refractivity contribution < 1.29 is 15.0 Å².